The molecule has 0 atom stereocenters. The monoisotopic (exact) mass is 282 g/mol. The molecule has 9 heteroatoms. The van der Waals surface area contributed by atoms with Gasteiger partial charge in [-0.2, -0.15) is 0 Å². The van der Waals surface area contributed by atoms with Crippen molar-refractivity contribution < 1.29 is 13.3 Å². The number of nitro benzene ring substituents is 1. The van der Waals surface area contributed by atoms with E-state index >= 15 is 0 Å². The van der Waals surface area contributed by atoms with Crippen molar-refractivity contribution in [2.45, 2.75) is 9.79 Å². The predicted octanol–water partition coefficient (Wildman–Crippen LogP) is 1.62. The molecule has 6 nitrogen and oxygen atoms in total. The van der Waals surface area contributed by atoms with Crippen molar-refractivity contribution in [3.8, 4) is 0 Å². The third-order valence-corrected chi connectivity index (χ3v) is 3.97. The smallest absolute Gasteiger partial charge is 0.258 e. The van der Waals surface area contributed by atoms with Crippen LogP contribution in [0.25, 0.3) is 0 Å². The molecule has 0 radical (unpaired) electrons. The first-order chi connectivity index (χ1) is 7.29. The molecule has 0 aliphatic carbocycles. The maximum atomic E-state index is 11.1. The molecule has 0 aliphatic rings. The van der Waals surface area contributed by atoms with E-state index in [1.807, 2.05) is 0 Å². The summed E-state index contributed by atoms with van der Waals surface area (Å²) in [4.78, 5) is 9.85. The van der Waals surface area contributed by atoms with E-state index in [0.717, 1.165) is 17.8 Å². The Kier molecular flexibility index (Phi) is 3.79. The van der Waals surface area contributed by atoms with E-state index in [2.05, 4.69) is 0 Å². The standard InChI is InChI=1S/C7H7ClN2O4S2/c1-15-4-2-3-5(16(9,13)14)6(8)7(4)10(11)12/h2-3H,1H3,(H2,9,13,14). The second-order valence-corrected chi connectivity index (χ2v) is 5.49. The molecule has 0 saturated heterocycles. The summed E-state index contributed by atoms with van der Waals surface area (Å²) >= 11 is 6.75. The molecule has 2 N–H and O–H groups in total. The van der Waals surface area contributed by atoms with Gasteiger partial charge >= 0.3 is 5.69 Å². The van der Waals surface area contributed by atoms with Crippen molar-refractivity contribution >= 4 is 39.1 Å². The van der Waals surface area contributed by atoms with Gasteiger partial charge in [-0.3, -0.25) is 10.1 Å². The van der Waals surface area contributed by atoms with E-state index in [1.54, 1.807) is 6.26 Å². The highest BCUT2D eigenvalue weighted by Gasteiger charge is 2.25. The van der Waals surface area contributed by atoms with Crippen LogP contribution < -0.4 is 5.14 Å². The minimum Gasteiger partial charge on any atom is -0.258 e. The number of sulfonamides is 1. The third kappa shape index (κ3) is 2.46. The van der Waals surface area contributed by atoms with Gasteiger partial charge in [-0.1, -0.05) is 11.6 Å². The summed E-state index contributed by atoms with van der Waals surface area (Å²) in [5.41, 5.74) is -0.444. The van der Waals surface area contributed by atoms with Crippen LogP contribution in [0.4, 0.5) is 5.69 Å². The van der Waals surface area contributed by atoms with E-state index in [4.69, 9.17) is 16.7 Å². The fourth-order valence-corrected chi connectivity index (χ4v) is 2.87. The highest BCUT2D eigenvalue weighted by atomic mass is 35.5. The lowest BCUT2D eigenvalue weighted by Crippen LogP contribution is -2.13. The van der Waals surface area contributed by atoms with E-state index in [1.165, 1.54) is 6.07 Å². The van der Waals surface area contributed by atoms with Crippen LogP contribution in [0.5, 0.6) is 0 Å². The molecule has 0 bridgehead atoms. The van der Waals surface area contributed by atoms with Crippen molar-refractivity contribution in [3.63, 3.8) is 0 Å². The van der Waals surface area contributed by atoms with Crippen LogP contribution in [0.15, 0.2) is 21.9 Å². The van der Waals surface area contributed by atoms with Crippen LogP contribution >= 0.6 is 23.4 Å². The number of benzene rings is 1. The van der Waals surface area contributed by atoms with Gasteiger partial charge in [0.05, 0.1) is 9.82 Å². The highest BCUT2D eigenvalue weighted by Crippen LogP contribution is 2.37. The average molecular weight is 283 g/mol. The van der Waals surface area contributed by atoms with E-state index < -0.39 is 30.6 Å². The summed E-state index contributed by atoms with van der Waals surface area (Å²) < 4.78 is 22.2. The normalized spacial score (nSPS) is 11.4. The molecule has 0 saturated carbocycles. The average Bonchev–Trinajstić information content (AvgIpc) is 2.14. The number of nitrogens with zero attached hydrogens (tertiary/aromatic N) is 1. The van der Waals surface area contributed by atoms with Crippen LogP contribution in [-0.4, -0.2) is 19.6 Å². The number of halogens is 1. The fraction of sp³-hybridized carbons (Fsp3) is 0.143. The van der Waals surface area contributed by atoms with Gasteiger partial charge < -0.3 is 0 Å². The molecule has 0 fully saturated rings. The fourth-order valence-electron chi connectivity index (χ4n) is 1.08. The first-order valence-electron chi connectivity index (χ1n) is 3.82. The van der Waals surface area contributed by atoms with E-state index in [9.17, 15) is 18.5 Å². The van der Waals surface area contributed by atoms with Gasteiger partial charge in [0.2, 0.25) is 10.0 Å². The molecule has 1 rings (SSSR count). The van der Waals surface area contributed by atoms with Gasteiger partial charge in [-0.25, -0.2) is 13.6 Å². The largest absolute Gasteiger partial charge is 0.302 e. The predicted molar refractivity (Wildman–Crippen MR) is 61.3 cm³/mol. The minimum atomic E-state index is -4.06. The topological polar surface area (TPSA) is 103 Å². The van der Waals surface area contributed by atoms with Crippen molar-refractivity contribution in [3.05, 3.63) is 27.3 Å². The van der Waals surface area contributed by atoms with Gasteiger partial charge in [0.1, 0.15) is 9.92 Å². The first kappa shape index (κ1) is 13.2. The van der Waals surface area contributed by atoms with Crippen molar-refractivity contribution in [2.24, 2.45) is 5.14 Å². The number of rotatable bonds is 3. The van der Waals surface area contributed by atoms with E-state index in [-0.39, 0.29) is 4.90 Å². The lowest BCUT2D eigenvalue weighted by molar-refractivity contribution is -0.387. The Balaban J connectivity index is 3.63. The van der Waals surface area contributed by atoms with Crippen molar-refractivity contribution in [2.75, 3.05) is 6.26 Å². The maximum Gasteiger partial charge on any atom is 0.302 e. The number of primary sulfonamides is 1. The summed E-state index contributed by atoms with van der Waals surface area (Å²) in [5, 5.41) is 15.2. The highest BCUT2D eigenvalue weighted by molar-refractivity contribution is 7.98. The first-order valence-corrected chi connectivity index (χ1v) is 6.97. The molecule has 88 valence electrons. The van der Waals surface area contributed by atoms with Gasteiger partial charge in [-0.15, -0.1) is 11.8 Å². The third-order valence-electron chi connectivity index (χ3n) is 1.75. The Morgan fingerprint density at radius 2 is 2.06 bits per heavy atom. The van der Waals surface area contributed by atoms with Gasteiger partial charge in [0.15, 0.2) is 0 Å². The van der Waals surface area contributed by atoms with Crippen LogP contribution in [0.2, 0.25) is 5.02 Å². The molecule has 0 heterocycles. The second kappa shape index (κ2) is 4.58. The second-order valence-electron chi connectivity index (χ2n) is 2.73. The quantitative estimate of drug-likeness (QED) is 0.515. The number of hydrogen-bond donors (Lipinski definition) is 1. The molecule has 0 unspecified atom stereocenters. The van der Waals surface area contributed by atoms with Crippen LogP contribution in [0.1, 0.15) is 0 Å². The Morgan fingerprint density at radius 3 is 2.44 bits per heavy atom. The summed E-state index contributed by atoms with van der Waals surface area (Å²) in [6.45, 7) is 0. The Morgan fingerprint density at radius 1 is 1.50 bits per heavy atom. The minimum absolute atomic E-state index is 0.280. The molecule has 1 aromatic carbocycles. The zero-order valence-corrected chi connectivity index (χ0v) is 10.4. The molecule has 0 spiro atoms. The van der Waals surface area contributed by atoms with Crippen molar-refractivity contribution in [1.82, 2.24) is 0 Å². The van der Waals surface area contributed by atoms with Crippen LogP contribution in [-0.2, 0) is 10.0 Å². The van der Waals surface area contributed by atoms with E-state index in [0.29, 0.717) is 0 Å². The molecular formula is C7H7ClN2O4S2. The number of thioether (sulfide) groups is 1. The van der Waals surface area contributed by atoms with Crippen LogP contribution in [0, 0.1) is 10.1 Å². The zero-order chi connectivity index (χ0) is 12.5. The van der Waals surface area contributed by atoms with Gasteiger partial charge in [0, 0.05) is 0 Å². The maximum absolute atomic E-state index is 11.1. The zero-order valence-electron chi connectivity index (χ0n) is 8.01. The Labute approximate surface area is 101 Å². The number of hydrogen-bond acceptors (Lipinski definition) is 5. The van der Waals surface area contributed by atoms with Gasteiger partial charge in [-0.05, 0) is 18.4 Å². The summed E-state index contributed by atoms with van der Waals surface area (Å²) in [5.74, 6) is 0. The SMILES string of the molecule is CSc1ccc(S(N)(=O)=O)c(Cl)c1[N+](=O)[O-]. The van der Waals surface area contributed by atoms with Crippen molar-refractivity contribution in [1.29, 1.82) is 0 Å². The Hall–Kier alpha value is -0.830. The number of nitro groups is 1. The molecular weight excluding hydrogens is 276 g/mol. The molecule has 1 aromatic rings. The molecule has 0 aromatic heterocycles. The lowest BCUT2D eigenvalue weighted by Gasteiger charge is -2.05. The Bertz CT molecular complexity index is 544. The molecule has 16 heavy (non-hydrogen) atoms. The summed E-state index contributed by atoms with van der Waals surface area (Å²) in [6.07, 6.45) is 1.62. The van der Waals surface area contributed by atoms with Gasteiger partial charge in [0.25, 0.3) is 0 Å². The number of nitrogens with two attached hydrogens (primary N) is 1. The summed E-state index contributed by atoms with van der Waals surface area (Å²) in [6, 6.07) is 2.45. The molecule has 0 aliphatic heterocycles. The summed E-state index contributed by atoms with van der Waals surface area (Å²) in [7, 11) is -4.06. The molecule has 0 amide bonds. The lowest BCUT2D eigenvalue weighted by atomic mass is 10.3. The van der Waals surface area contributed by atoms with Crippen LogP contribution in [0.3, 0.4) is 0 Å².